The van der Waals surface area contributed by atoms with Crippen molar-refractivity contribution < 1.29 is 23.9 Å². The van der Waals surface area contributed by atoms with Crippen LogP contribution in [0.4, 0.5) is 5.69 Å². The van der Waals surface area contributed by atoms with E-state index in [1.807, 2.05) is 6.07 Å². The Morgan fingerprint density at radius 1 is 1.10 bits per heavy atom. The molecule has 0 radical (unpaired) electrons. The molecule has 0 saturated heterocycles. The minimum absolute atomic E-state index is 0.0509. The van der Waals surface area contributed by atoms with Gasteiger partial charge in [0, 0.05) is 12.5 Å². The quantitative estimate of drug-likeness (QED) is 0.698. The highest BCUT2D eigenvalue weighted by Crippen LogP contribution is 2.62. The fraction of sp³-hybridized carbons (Fsp3) is 0.609. The zero-order valence-corrected chi connectivity index (χ0v) is 17.8. The molecule has 0 aliphatic heterocycles. The summed E-state index contributed by atoms with van der Waals surface area (Å²) in [6, 6.07) is 7.10. The first kappa shape index (κ1) is 20.7. The molecule has 4 fully saturated rings. The van der Waals surface area contributed by atoms with Gasteiger partial charge in [0.25, 0.3) is 5.91 Å². The minimum Gasteiger partial charge on any atom is -0.495 e. The third-order valence-corrected chi connectivity index (χ3v) is 6.95. The van der Waals surface area contributed by atoms with Gasteiger partial charge in [-0.3, -0.25) is 14.4 Å². The molecule has 4 saturated carbocycles. The molecule has 5 rings (SSSR count). The van der Waals surface area contributed by atoms with Gasteiger partial charge in [-0.05, 0) is 69.4 Å². The van der Waals surface area contributed by atoms with Gasteiger partial charge in [-0.1, -0.05) is 12.1 Å². The molecule has 0 spiro atoms. The Morgan fingerprint density at radius 2 is 1.77 bits per heavy atom. The molecule has 0 heterocycles. The van der Waals surface area contributed by atoms with E-state index in [9.17, 15) is 14.4 Å². The average Bonchev–Trinajstić information content (AvgIpc) is 2.66. The van der Waals surface area contributed by atoms with E-state index in [4.69, 9.17) is 9.47 Å². The molecule has 2 amide bonds. The van der Waals surface area contributed by atoms with Gasteiger partial charge < -0.3 is 20.1 Å². The lowest BCUT2D eigenvalue weighted by Gasteiger charge is -2.60. The van der Waals surface area contributed by atoms with Crippen molar-refractivity contribution in [2.24, 2.45) is 17.3 Å². The Balaban J connectivity index is 1.45. The SMILES string of the molecule is COc1ccccc1NC(=O)[C@H](C)OC(=O)C12C[C@H]3C[C@@H](CC(NC(C)=O)(C3)C1)C2. The topological polar surface area (TPSA) is 93.7 Å². The summed E-state index contributed by atoms with van der Waals surface area (Å²) in [5, 5.41) is 5.92. The van der Waals surface area contributed by atoms with Crippen molar-refractivity contribution in [3.05, 3.63) is 24.3 Å². The number of rotatable bonds is 6. The number of hydrogen-bond acceptors (Lipinski definition) is 5. The number of esters is 1. The number of anilines is 1. The first-order valence-corrected chi connectivity index (χ1v) is 10.7. The Bertz CT molecular complexity index is 853. The van der Waals surface area contributed by atoms with Crippen LogP contribution < -0.4 is 15.4 Å². The molecular formula is C23H30N2O5. The van der Waals surface area contributed by atoms with E-state index in [2.05, 4.69) is 10.6 Å². The fourth-order valence-electron chi connectivity index (χ4n) is 6.34. The summed E-state index contributed by atoms with van der Waals surface area (Å²) in [6.07, 6.45) is 4.22. The highest BCUT2D eigenvalue weighted by atomic mass is 16.5. The van der Waals surface area contributed by atoms with Gasteiger partial charge in [0.1, 0.15) is 5.75 Å². The number of amides is 2. The molecule has 30 heavy (non-hydrogen) atoms. The Kier molecular flexibility index (Phi) is 5.24. The summed E-state index contributed by atoms with van der Waals surface area (Å²) < 4.78 is 10.9. The molecule has 7 nitrogen and oxygen atoms in total. The zero-order valence-electron chi connectivity index (χ0n) is 17.8. The molecule has 3 atom stereocenters. The number of methoxy groups -OCH3 is 1. The van der Waals surface area contributed by atoms with Crippen molar-refractivity contribution in [2.45, 2.75) is 64.0 Å². The molecule has 162 valence electrons. The number of carbonyl (C=O) groups is 3. The van der Waals surface area contributed by atoms with Crippen LogP contribution in [0.3, 0.4) is 0 Å². The average molecular weight is 415 g/mol. The van der Waals surface area contributed by atoms with E-state index in [0.717, 1.165) is 32.1 Å². The lowest BCUT2D eigenvalue weighted by molar-refractivity contribution is -0.181. The van der Waals surface area contributed by atoms with E-state index in [1.165, 1.54) is 14.0 Å². The van der Waals surface area contributed by atoms with Gasteiger partial charge in [-0.2, -0.15) is 0 Å². The van der Waals surface area contributed by atoms with E-state index in [1.54, 1.807) is 25.1 Å². The normalized spacial score (nSPS) is 32.2. The molecule has 1 aromatic rings. The maximum atomic E-state index is 13.3. The van der Waals surface area contributed by atoms with Crippen LogP contribution in [0.5, 0.6) is 5.75 Å². The third-order valence-electron chi connectivity index (χ3n) is 6.95. The maximum absolute atomic E-state index is 13.3. The van der Waals surface area contributed by atoms with Crippen LogP contribution >= 0.6 is 0 Å². The van der Waals surface area contributed by atoms with Crippen LogP contribution in [-0.2, 0) is 19.1 Å². The van der Waals surface area contributed by atoms with E-state index in [0.29, 0.717) is 29.7 Å². The van der Waals surface area contributed by atoms with Gasteiger partial charge in [-0.15, -0.1) is 0 Å². The second kappa shape index (κ2) is 7.60. The van der Waals surface area contributed by atoms with Crippen molar-refractivity contribution >= 4 is 23.5 Å². The lowest BCUT2D eigenvalue weighted by Crippen LogP contribution is -2.65. The Labute approximate surface area is 176 Å². The second-order valence-electron chi connectivity index (χ2n) is 9.44. The van der Waals surface area contributed by atoms with Crippen LogP contribution in [0.1, 0.15) is 52.4 Å². The zero-order chi connectivity index (χ0) is 21.5. The molecular weight excluding hydrogens is 384 g/mol. The summed E-state index contributed by atoms with van der Waals surface area (Å²) in [5.74, 6) is 0.627. The molecule has 0 unspecified atom stereocenters. The maximum Gasteiger partial charge on any atom is 0.312 e. The summed E-state index contributed by atoms with van der Waals surface area (Å²) in [6.45, 7) is 3.13. The van der Waals surface area contributed by atoms with E-state index >= 15 is 0 Å². The molecule has 0 aromatic heterocycles. The number of para-hydroxylation sites is 2. The number of carbonyl (C=O) groups excluding carboxylic acids is 3. The minimum atomic E-state index is -0.924. The van der Waals surface area contributed by atoms with Gasteiger partial charge in [0.2, 0.25) is 5.91 Å². The fourth-order valence-corrected chi connectivity index (χ4v) is 6.34. The highest BCUT2D eigenvalue weighted by molar-refractivity contribution is 5.96. The number of nitrogens with one attached hydrogen (secondary N) is 2. The van der Waals surface area contributed by atoms with Crippen LogP contribution in [0, 0.1) is 17.3 Å². The lowest BCUT2D eigenvalue weighted by atomic mass is 9.47. The summed E-state index contributed by atoms with van der Waals surface area (Å²) in [4.78, 5) is 37.7. The van der Waals surface area contributed by atoms with Crippen molar-refractivity contribution in [3.63, 3.8) is 0 Å². The van der Waals surface area contributed by atoms with Crippen molar-refractivity contribution in [1.82, 2.24) is 5.32 Å². The summed E-state index contributed by atoms with van der Waals surface area (Å²) in [5.41, 5.74) is -0.379. The molecule has 4 aliphatic carbocycles. The first-order valence-electron chi connectivity index (χ1n) is 10.7. The predicted octanol–water partition coefficient (Wildman–Crippen LogP) is 3.04. The van der Waals surface area contributed by atoms with Gasteiger partial charge in [0.05, 0.1) is 18.2 Å². The van der Waals surface area contributed by atoms with Crippen molar-refractivity contribution in [2.75, 3.05) is 12.4 Å². The van der Waals surface area contributed by atoms with Gasteiger partial charge in [-0.25, -0.2) is 0 Å². The first-order chi connectivity index (χ1) is 14.2. The summed E-state index contributed by atoms with van der Waals surface area (Å²) >= 11 is 0. The summed E-state index contributed by atoms with van der Waals surface area (Å²) in [7, 11) is 1.53. The van der Waals surface area contributed by atoms with E-state index in [-0.39, 0.29) is 17.4 Å². The molecule has 7 heteroatoms. The monoisotopic (exact) mass is 414 g/mol. The molecule has 4 bridgehead atoms. The molecule has 2 N–H and O–H groups in total. The van der Waals surface area contributed by atoms with Crippen LogP contribution in [0.25, 0.3) is 0 Å². The van der Waals surface area contributed by atoms with Crippen molar-refractivity contribution in [3.8, 4) is 5.75 Å². The molecule has 1 aromatic carbocycles. The third kappa shape index (κ3) is 3.77. The Hall–Kier alpha value is -2.57. The smallest absolute Gasteiger partial charge is 0.312 e. The van der Waals surface area contributed by atoms with Crippen LogP contribution in [-0.4, -0.2) is 36.5 Å². The van der Waals surface area contributed by atoms with E-state index < -0.39 is 17.4 Å². The van der Waals surface area contributed by atoms with Crippen LogP contribution in [0.2, 0.25) is 0 Å². The molecule has 4 aliphatic rings. The van der Waals surface area contributed by atoms with Gasteiger partial charge >= 0.3 is 5.97 Å². The van der Waals surface area contributed by atoms with Gasteiger partial charge in [0.15, 0.2) is 6.10 Å². The van der Waals surface area contributed by atoms with Crippen molar-refractivity contribution in [1.29, 1.82) is 0 Å². The Morgan fingerprint density at radius 3 is 2.40 bits per heavy atom. The highest BCUT2D eigenvalue weighted by Gasteiger charge is 2.61. The number of hydrogen-bond donors (Lipinski definition) is 2. The second-order valence-corrected chi connectivity index (χ2v) is 9.44. The number of ether oxygens (including phenoxy) is 2. The number of benzene rings is 1. The largest absolute Gasteiger partial charge is 0.495 e. The predicted molar refractivity (Wildman–Crippen MR) is 111 cm³/mol. The standard InChI is InChI=1S/C23H30N2O5/c1-14(20(27)24-18-6-4-5-7-19(18)29-3)30-21(28)22-9-16-8-17(10-22)12-23(11-16,13-22)25-15(2)26/h4-7,14,16-17H,8-13H2,1-3H3,(H,24,27)(H,25,26)/t14-,16+,17+,22?,23?/m0/s1. The van der Waals surface area contributed by atoms with Crippen LogP contribution in [0.15, 0.2) is 24.3 Å².